The number of carbonyl (C=O) groups excluding carboxylic acids is 1. The lowest BCUT2D eigenvalue weighted by Gasteiger charge is -2.34. The second kappa shape index (κ2) is 4.16. The molecule has 0 aromatic heterocycles. The maximum Gasteiger partial charge on any atom is 0.334 e. The molecule has 0 unspecified atom stereocenters. The van der Waals surface area contributed by atoms with Gasteiger partial charge >= 0.3 is 5.97 Å². The standard InChI is InChI=1S/C15H20O5/c1-8-9-6-11-10(4-5-14(11,2)17)15(3,20-18)7-12(9)19-13(8)16/h4,9,11-12,17-18H,1,5-7H2,2-3H3/t9-,11-,12+,14+,15+/m1/s1. The second-order valence-electron chi connectivity index (χ2n) is 6.61. The third-order valence-corrected chi connectivity index (χ3v) is 5.17. The SMILES string of the molecule is C=C1C(=O)O[C@H]2C[C@](C)(OO)C3=CC[C@](C)(O)[C@@H]3C[C@H]12. The van der Waals surface area contributed by atoms with Crippen LogP contribution < -0.4 is 0 Å². The third kappa shape index (κ3) is 1.77. The van der Waals surface area contributed by atoms with E-state index in [0.717, 1.165) is 5.57 Å². The summed E-state index contributed by atoms with van der Waals surface area (Å²) in [6, 6.07) is 0. The van der Waals surface area contributed by atoms with Crippen LogP contribution in [0.2, 0.25) is 0 Å². The van der Waals surface area contributed by atoms with E-state index in [-0.39, 0.29) is 23.9 Å². The molecule has 5 atom stereocenters. The Kier molecular flexibility index (Phi) is 2.87. The molecule has 0 aromatic rings. The summed E-state index contributed by atoms with van der Waals surface area (Å²) in [6.07, 6.45) is 3.07. The molecule has 3 aliphatic rings. The van der Waals surface area contributed by atoms with Crippen LogP contribution in [0.25, 0.3) is 0 Å². The molecule has 5 nitrogen and oxygen atoms in total. The van der Waals surface area contributed by atoms with E-state index in [4.69, 9.17) is 9.62 Å². The van der Waals surface area contributed by atoms with Crippen molar-refractivity contribution < 1.29 is 24.8 Å². The highest BCUT2D eigenvalue weighted by Gasteiger charge is 2.55. The molecule has 1 aliphatic heterocycles. The Balaban J connectivity index is 2.03. The van der Waals surface area contributed by atoms with Gasteiger partial charge in [0.2, 0.25) is 0 Å². The van der Waals surface area contributed by atoms with E-state index in [1.54, 1.807) is 13.8 Å². The van der Waals surface area contributed by atoms with E-state index in [9.17, 15) is 15.2 Å². The molecule has 0 spiro atoms. The van der Waals surface area contributed by atoms with Crippen molar-refractivity contribution in [2.24, 2.45) is 11.8 Å². The van der Waals surface area contributed by atoms with Crippen LogP contribution in [0.3, 0.4) is 0 Å². The summed E-state index contributed by atoms with van der Waals surface area (Å²) >= 11 is 0. The zero-order valence-corrected chi connectivity index (χ0v) is 11.8. The van der Waals surface area contributed by atoms with E-state index in [1.807, 2.05) is 6.08 Å². The van der Waals surface area contributed by atoms with E-state index in [0.29, 0.717) is 24.8 Å². The lowest BCUT2D eigenvalue weighted by molar-refractivity contribution is -0.312. The summed E-state index contributed by atoms with van der Waals surface area (Å²) in [4.78, 5) is 16.4. The number of hydrogen-bond acceptors (Lipinski definition) is 5. The van der Waals surface area contributed by atoms with Crippen molar-refractivity contribution in [2.75, 3.05) is 0 Å². The zero-order valence-electron chi connectivity index (χ0n) is 11.8. The van der Waals surface area contributed by atoms with Crippen LogP contribution in [0.5, 0.6) is 0 Å². The van der Waals surface area contributed by atoms with Gasteiger partial charge in [0.05, 0.1) is 5.60 Å². The van der Waals surface area contributed by atoms with Crippen LogP contribution in [0.15, 0.2) is 23.8 Å². The zero-order chi connectivity index (χ0) is 14.7. The average molecular weight is 280 g/mol. The summed E-state index contributed by atoms with van der Waals surface area (Å²) in [5.74, 6) is -0.677. The van der Waals surface area contributed by atoms with Gasteiger partial charge in [-0.25, -0.2) is 9.68 Å². The number of ether oxygens (including phenoxy) is 1. The Morgan fingerprint density at radius 1 is 1.50 bits per heavy atom. The van der Waals surface area contributed by atoms with Gasteiger partial charge in [0.15, 0.2) is 0 Å². The molecule has 110 valence electrons. The van der Waals surface area contributed by atoms with Crippen LogP contribution in [0.1, 0.15) is 33.1 Å². The number of rotatable bonds is 1. The quantitative estimate of drug-likeness (QED) is 0.252. The Labute approximate surface area is 117 Å². The van der Waals surface area contributed by atoms with Crippen molar-refractivity contribution >= 4 is 5.97 Å². The van der Waals surface area contributed by atoms with Crippen LogP contribution in [-0.4, -0.2) is 33.6 Å². The summed E-state index contributed by atoms with van der Waals surface area (Å²) in [7, 11) is 0. The molecule has 1 saturated carbocycles. The lowest BCUT2D eigenvalue weighted by Crippen LogP contribution is -2.39. The van der Waals surface area contributed by atoms with Gasteiger partial charge < -0.3 is 9.84 Å². The highest BCUT2D eigenvalue weighted by molar-refractivity contribution is 5.90. The second-order valence-corrected chi connectivity index (χ2v) is 6.61. The van der Waals surface area contributed by atoms with Crippen molar-refractivity contribution in [3.8, 4) is 0 Å². The lowest BCUT2D eigenvalue weighted by atomic mass is 9.78. The molecule has 0 aromatic carbocycles. The molecule has 2 aliphatic carbocycles. The number of esters is 1. The first kappa shape index (κ1) is 13.8. The van der Waals surface area contributed by atoms with Crippen LogP contribution in [0.4, 0.5) is 0 Å². The molecule has 20 heavy (non-hydrogen) atoms. The van der Waals surface area contributed by atoms with Crippen molar-refractivity contribution in [2.45, 2.75) is 50.4 Å². The topological polar surface area (TPSA) is 76.0 Å². The van der Waals surface area contributed by atoms with Gasteiger partial charge in [0.1, 0.15) is 11.7 Å². The maximum absolute atomic E-state index is 11.7. The fourth-order valence-corrected chi connectivity index (χ4v) is 3.90. The molecule has 5 heteroatoms. The average Bonchev–Trinajstić information content (AvgIpc) is 2.76. The van der Waals surface area contributed by atoms with Crippen molar-refractivity contribution in [3.63, 3.8) is 0 Å². The van der Waals surface area contributed by atoms with Gasteiger partial charge in [-0.3, -0.25) is 5.26 Å². The van der Waals surface area contributed by atoms with Gasteiger partial charge in [-0.1, -0.05) is 12.7 Å². The molecular formula is C15H20O5. The van der Waals surface area contributed by atoms with Crippen molar-refractivity contribution in [3.05, 3.63) is 23.8 Å². The number of fused-ring (bicyclic) bond motifs is 2. The van der Waals surface area contributed by atoms with Crippen LogP contribution in [-0.2, 0) is 14.4 Å². The van der Waals surface area contributed by atoms with E-state index in [1.165, 1.54) is 0 Å². The summed E-state index contributed by atoms with van der Waals surface area (Å²) in [5.41, 5.74) is -0.478. The van der Waals surface area contributed by atoms with E-state index >= 15 is 0 Å². The van der Waals surface area contributed by atoms with Crippen LogP contribution in [0, 0.1) is 11.8 Å². The molecule has 0 radical (unpaired) electrons. The van der Waals surface area contributed by atoms with Gasteiger partial charge in [-0.05, 0) is 32.3 Å². The maximum atomic E-state index is 11.7. The number of carbonyl (C=O) groups is 1. The first-order chi connectivity index (χ1) is 9.28. The van der Waals surface area contributed by atoms with Gasteiger partial charge in [0.25, 0.3) is 0 Å². The normalized spacial score (nSPS) is 47.4. The predicted molar refractivity (Wildman–Crippen MR) is 70.7 cm³/mol. The van der Waals surface area contributed by atoms with E-state index < -0.39 is 11.2 Å². The van der Waals surface area contributed by atoms with Gasteiger partial charge in [-0.2, -0.15) is 0 Å². The molecule has 0 amide bonds. The molecule has 1 saturated heterocycles. The minimum atomic E-state index is -0.935. The Morgan fingerprint density at radius 3 is 2.85 bits per heavy atom. The molecule has 2 fully saturated rings. The largest absolute Gasteiger partial charge is 0.458 e. The van der Waals surface area contributed by atoms with Crippen molar-refractivity contribution in [1.29, 1.82) is 0 Å². The highest BCUT2D eigenvalue weighted by Crippen LogP contribution is 2.52. The molecule has 0 bridgehead atoms. The molecule has 2 N–H and O–H groups in total. The monoisotopic (exact) mass is 280 g/mol. The Morgan fingerprint density at radius 2 is 2.20 bits per heavy atom. The molecule has 1 heterocycles. The number of hydrogen-bond donors (Lipinski definition) is 2. The predicted octanol–water partition coefficient (Wildman–Crippen LogP) is 1.82. The smallest absolute Gasteiger partial charge is 0.334 e. The molecule has 3 rings (SSSR count). The number of aliphatic hydroxyl groups is 1. The summed E-state index contributed by atoms with van der Waals surface area (Å²) < 4.78 is 5.35. The first-order valence-corrected chi connectivity index (χ1v) is 6.94. The molecular weight excluding hydrogens is 260 g/mol. The summed E-state index contributed by atoms with van der Waals surface area (Å²) in [5, 5.41) is 19.9. The Hall–Kier alpha value is -1.17. The van der Waals surface area contributed by atoms with Crippen molar-refractivity contribution in [1.82, 2.24) is 0 Å². The fourth-order valence-electron chi connectivity index (χ4n) is 3.90. The minimum absolute atomic E-state index is 0.127. The highest BCUT2D eigenvalue weighted by atomic mass is 17.1. The van der Waals surface area contributed by atoms with Crippen LogP contribution >= 0.6 is 0 Å². The van der Waals surface area contributed by atoms with E-state index in [2.05, 4.69) is 6.58 Å². The summed E-state index contributed by atoms with van der Waals surface area (Å²) in [6.45, 7) is 7.36. The first-order valence-electron chi connectivity index (χ1n) is 6.94. The van der Waals surface area contributed by atoms with Gasteiger partial charge in [0, 0.05) is 23.8 Å². The fraction of sp³-hybridized carbons (Fsp3) is 0.667. The third-order valence-electron chi connectivity index (χ3n) is 5.17. The Bertz CT molecular complexity index is 506. The minimum Gasteiger partial charge on any atom is -0.458 e. The van der Waals surface area contributed by atoms with Gasteiger partial charge in [-0.15, -0.1) is 0 Å².